The van der Waals surface area contributed by atoms with Crippen LogP contribution in [-0.2, 0) is 18.4 Å². The fraction of sp³-hybridized carbons (Fsp3) is 0.389. The molecule has 0 aromatic carbocycles. The van der Waals surface area contributed by atoms with Crippen LogP contribution < -0.4 is 5.69 Å². The first-order valence-electron chi connectivity index (χ1n) is 8.31. The first-order chi connectivity index (χ1) is 12.0. The summed E-state index contributed by atoms with van der Waals surface area (Å²) in [5.41, 5.74) is 2.06. The molecular formula is C18H20N4O2S. The van der Waals surface area contributed by atoms with Gasteiger partial charge in [-0.1, -0.05) is 0 Å². The average Bonchev–Trinajstić information content (AvgIpc) is 3.29. The first-order valence-corrected chi connectivity index (χ1v) is 9.13. The summed E-state index contributed by atoms with van der Waals surface area (Å²) in [5.74, 6) is 0.607. The maximum atomic E-state index is 12.5. The van der Waals surface area contributed by atoms with Gasteiger partial charge in [0.2, 0.25) is 5.91 Å². The van der Waals surface area contributed by atoms with Crippen LogP contribution in [-0.4, -0.2) is 39.0 Å². The predicted octanol–water partition coefficient (Wildman–Crippen LogP) is 2.43. The Bertz CT molecular complexity index is 1020. The van der Waals surface area contributed by atoms with Gasteiger partial charge in [-0.3, -0.25) is 13.9 Å². The molecule has 4 rings (SSSR count). The fourth-order valence-electron chi connectivity index (χ4n) is 2.94. The van der Waals surface area contributed by atoms with Crippen LogP contribution in [0.3, 0.4) is 0 Å². The predicted molar refractivity (Wildman–Crippen MR) is 99.0 cm³/mol. The number of amides is 1. The van der Waals surface area contributed by atoms with Crippen molar-refractivity contribution in [3.63, 3.8) is 0 Å². The number of pyridine rings is 1. The number of fused-ring (bicyclic) bond motifs is 1. The van der Waals surface area contributed by atoms with Gasteiger partial charge in [-0.25, -0.2) is 9.78 Å². The van der Waals surface area contributed by atoms with E-state index in [0.717, 1.165) is 16.4 Å². The third kappa shape index (κ3) is 2.78. The Morgan fingerprint density at radius 2 is 2.12 bits per heavy atom. The number of hydrogen-bond acceptors (Lipinski definition) is 4. The number of aromatic nitrogens is 3. The second-order valence-corrected chi connectivity index (χ2v) is 7.87. The van der Waals surface area contributed by atoms with E-state index >= 15 is 0 Å². The minimum Gasteiger partial charge on any atom is -0.347 e. The molecule has 1 saturated carbocycles. The van der Waals surface area contributed by atoms with E-state index in [1.165, 1.54) is 31.8 Å². The Labute approximate surface area is 149 Å². The lowest BCUT2D eigenvalue weighted by atomic mass is 10.2. The smallest absolute Gasteiger partial charge is 0.330 e. The SMILES string of the molecule is CN(C)C(=O)Cn1c(=O)n(C)c2ncc(-c3ccc(C4CC4)s3)cc21. The molecule has 6 nitrogen and oxygen atoms in total. The summed E-state index contributed by atoms with van der Waals surface area (Å²) >= 11 is 1.79. The lowest BCUT2D eigenvalue weighted by Gasteiger charge is -2.10. The van der Waals surface area contributed by atoms with E-state index < -0.39 is 0 Å². The van der Waals surface area contributed by atoms with Crippen molar-refractivity contribution in [1.29, 1.82) is 0 Å². The molecule has 7 heteroatoms. The van der Waals surface area contributed by atoms with E-state index in [0.29, 0.717) is 11.2 Å². The standard InChI is InChI=1S/C18H20N4O2S/c1-20(2)16(23)10-22-13-8-12(9-19-17(13)21(3)18(22)24)15-7-6-14(25-15)11-4-5-11/h6-9,11H,4-5,10H2,1-3H3. The average molecular weight is 356 g/mol. The summed E-state index contributed by atoms with van der Waals surface area (Å²) in [7, 11) is 5.06. The third-order valence-electron chi connectivity index (χ3n) is 4.66. The van der Waals surface area contributed by atoms with Gasteiger partial charge < -0.3 is 4.90 Å². The van der Waals surface area contributed by atoms with Gasteiger partial charge in [0, 0.05) is 42.7 Å². The van der Waals surface area contributed by atoms with Crippen LogP contribution in [0.2, 0.25) is 0 Å². The number of nitrogens with zero attached hydrogens (tertiary/aromatic N) is 4. The van der Waals surface area contributed by atoms with E-state index in [4.69, 9.17) is 0 Å². The molecule has 0 N–H and O–H groups in total. The van der Waals surface area contributed by atoms with Crippen molar-refractivity contribution in [3.05, 3.63) is 39.8 Å². The van der Waals surface area contributed by atoms with Crippen molar-refractivity contribution >= 4 is 28.4 Å². The van der Waals surface area contributed by atoms with Crippen LogP contribution >= 0.6 is 11.3 Å². The van der Waals surface area contributed by atoms with Crippen LogP contribution in [0, 0.1) is 0 Å². The number of carbonyl (C=O) groups is 1. The molecule has 0 aliphatic heterocycles. The Morgan fingerprint density at radius 3 is 2.80 bits per heavy atom. The molecule has 130 valence electrons. The highest BCUT2D eigenvalue weighted by atomic mass is 32.1. The van der Waals surface area contributed by atoms with Gasteiger partial charge in [-0.2, -0.15) is 0 Å². The quantitative estimate of drug-likeness (QED) is 0.721. The number of hydrogen-bond donors (Lipinski definition) is 0. The zero-order valence-corrected chi connectivity index (χ0v) is 15.3. The molecule has 0 saturated heterocycles. The van der Waals surface area contributed by atoms with E-state index in [-0.39, 0.29) is 18.1 Å². The number of imidazole rings is 1. The van der Waals surface area contributed by atoms with Crippen LogP contribution in [0.4, 0.5) is 0 Å². The molecule has 1 aliphatic rings. The van der Waals surface area contributed by atoms with Crippen molar-refractivity contribution in [2.45, 2.75) is 25.3 Å². The van der Waals surface area contributed by atoms with E-state index in [1.807, 2.05) is 12.3 Å². The summed E-state index contributed by atoms with van der Waals surface area (Å²) < 4.78 is 3.00. The molecule has 0 bridgehead atoms. The number of likely N-dealkylation sites (N-methyl/N-ethyl adjacent to an activating group) is 1. The summed E-state index contributed by atoms with van der Waals surface area (Å²) in [6.45, 7) is 0.0199. The largest absolute Gasteiger partial charge is 0.347 e. The maximum absolute atomic E-state index is 12.5. The normalized spacial score (nSPS) is 14.2. The van der Waals surface area contributed by atoms with E-state index in [1.54, 1.807) is 32.5 Å². The Balaban J connectivity index is 1.80. The lowest BCUT2D eigenvalue weighted by molar-refractivity contribution is -0.129. The topological polar surface area (TPSA) is 60.1 Å². The Hall–Kier alpha value is -2.41. The number of carbonyl (C=O) groups excluding carboxylic acids is 1. The van der Waals surface area contributed by atoms with Crippen LogP contribution in [0.15, 0.2) is 29.2 Å². The van der Waals surface area contributed by atoms with Gasteiger partial charge in [-0.15, -0.1) is 11.3 Å². The number of aryl methyl sites for hydroxylation is 1. The van der Waals surface area contributed by atoms with Crippen molar-refractivity contribution in [1.82, 2.24) is 19.0 Å². The second kappa shape index (κ2) is 5.84. The molecule has 3 aromatic rings. The molecule has 0 radical (unpaired) electrons. The lowest BCUT2D eigenvalue weighted by Crippen LogP contribution is -2.31. The maximum Gasteiger partial charge on any atom is 0.330 e. The molecule has 0 atom stereocenters. The highest BCUT2D eigenvalue weighted by Gasteiger charge is 2.25. The molecule has 25 heavy (non-hydrogen) atoms. The van der Waals surface area contributed by atoms with Crippen molar-refractivity contribution in [2.75, 3.05) is 14.1 Å². The molecule has 0 spiro atoms. The summed E-state index contributed by atoms with van der Waals surface area (Å²) in [5, 5.41) is 0. The fourth-order valence-corrected chi connectivity index (χ4v) is 4.10. The van der Waals surface area contributed by atoms with E-state index in [9.17, 15) is 9.59 Å². The van der Waals surface area contributed by atoms with Crippen molar-refractivity contribution in [2.24, 2.45) is 7.05 Å². The zero-order chi connectivity index (χ0) is 17.7. The minimum atomic E-state index is -0.223. The number of thiophene rings is 1. The number of rotatable bonds is 4. The van der Waals surface area contributed by atoms with E-state index in [2.05, 4.69) is 17.1 Å². The van der Waals surface area contributed by atoms with Crippen LogP contribution in [0.25, 0.3) is 21.6 Å². The van der Waals surface area contributed by atoms with Gasteiger partial charge in [0.1, 0.15) is 6.54 Å². The minimum absolute atomic E-state index is 0.0199. The van der Waals surface area contributed by atoms with Gasteiger partial charge in [0.15, 0.2) is 5.65 Å². The Kier molecular flexibility index (Phi) is 3.76. The molecular weight excluding hydrogens is 336 g/mol. The summed E-state index contributed by atoms with van der Waals surface area (Å²) in [6.07, 6.45) is 4.37. The second-order valence-electron chi connectivity index (χ2n) is 6.76. The zero-order valence-electron chi connectivity index (χ0n) is 14.5. The monoisotopic (exact) mass is 356 g/mol. The van der Waals surface area contributed by atoms with Crippen molar-refractivity contribution < 1.29 is 4.79 Å². The molecule has 1 amide bonds. The molecule has 1 fully saturated rings. The van der Waals surface area contributed by atoms with Crippen LogP contribution in [0.5, 0.6) is 0 Å². The molecule has 3 aromatic heterocycles. The molecule has 0 unspecified atom stereocenters. The van der Waals surface area contributed by atoms with Crippen LogP contribution in [0.1, 0.15) is 23.6 Å². The van der Waals surface area contributed by atoms with Gasteiger partial charge in [-0.05, 0) is 37.0 Å². The molecule has 1 aliphatic carbocycles. The summed E-state index contributed by atoms with van der Waals surface area (Å²) in [6, 6.07) is 6.28. The summed E-state index contributed by atoms with van der Waals surface area (Å²) in [4.78, 5) is 33.2. The molecule has 3 heterocycles. The third-order valence-corrected chi connectivity index (χ3v) is 5.95. The van der Waals surface area contributed by atoms with Gasteiger partial charge in [0.25, 0.3) is 0 Å². The van der Waals surface area contributed by atoms with Crippen molar-refractivity contribution in [3.8, 4) is 10.4 Å². The Morgan fingerprint density at radius 1 is 1.36 bits per heavy atom. The highest BCUT2D eigenvalue weighted by molar-refractivity contribution is 7.15. The van der Waals surface area contributed by atoms with Gasteiger partial charge >= 0.3 is 5.69 Å². The highest BCUT2D eigenvalue weighted by Crippen LogP contribution is 2.45. The first kappa shape index (κ1) is 16.1. The van der Waals surface area contributed by atoms with Gasteiger partial charge in [0.05, 0.1) is 5.52 Å².